The maximum atomic E-state index is 13.1. The highest BCUT2D eigenvalue weighted by Gasteiger charge is 2.46. The summed E-state index contributed by atoms with van der Waals surface area (Å²) < 4.78 is 34.8. The zero-order valence-electron chi connectivity index (χ0n) is 19.7. The number of ether oxygens (including phenoxy) is 1. The van der Waals surface area contributed by atoms with Gasteiger partial charge in [0.25, 0.3) is 5.91 Å². The molecule has 1 aromatic carbocycles. The predicted octanol–water partition coefficient (Wildman–Crippen LogP) is 2.17. The molecule has 2 saturated heterocycles. The number of nitrogens with one attached hydrogen (secondary N) is 1. The molecule has 1 atom stereocenters. The maximum absolute atomic E-state index is 13.1. The summed E-state index contributed by atoms with van der Waals surface area (Å²) >= 11 is 0. The SMILES string of the molecule is CCC1(C)NC(=O)N(N=Cc2cc(C)n(-c3cccc(S(=O)(=O)N4CCOCC4)c3)c2C)C1=O. The van der Waals surface area contributed by atoms with E-state index in [4.69, 9.17) is 4.74 Å². The average molecular weight is 488 g/mol. The number of sulfonamides is 1. The van der Waals surface area contributed by atoms with Crippen LogP contribution in [0.3, 0.4) is 0 Å². The fourth-order valence-corrected chi connectivity index (χ4v) is 5.62. The largest absolute Gasteiger partial charge is 0.379 e. The fraction of sp³-hybridized carbons (Fsp3) is 0.435. The number of urea groups is 1. The van der Waals surface area contributed by atoms with Crippen LogP contribution in [0.4, 0.5) is 4.79 Å². The van der Waals surface area contributed by atoms with Gasteiger partial charge < -0.3 is 14.6 Å². The van der Waals surface area contributed by atoms with E-state index in [1.54, 1.807) is 25.1 Å². The molecule has 2 fully saturated rings. The van der Waals surface area contributed by atoms with Crippen LogP contribution in [0.5, 0.6) is 0 Å². The topological polar surface area (TPSA) is 113 Å². The molecular weight excluding hydrogens is 458 g/mol. The molecule has 11 heteroatoms. The lowest BCUT2D eigenvalue weighted by atomic mass is 10.00. The van der Waals surface area contributed by atoms with Crippen molar-refractivity contribution in [2.24, 2.45) is 5.10 Å². The van der Waals surface area contributed by atoms with Crippen LogP contribution < -0.4 is 5.32 Å². The first-order valence-corrected chi connectivity index (χ1v) is 12.6. The maximum Gasteiger partial charge on any atom is 0.346 e. The Kier molecular flexibility index (Phi) is 6.36. The highest BCUT2D eigenvalue weighted by atomic mass is 32.2. The van der Waals surface area contributed by atoms with E-state index in [9.17, 15) is 18.0 Å². The Morgan fingerprint density at radius 1 is 1.18 bits per heavy atom. The quantitative estimate of drug-likeness (QED) is 0.496. The van der Waals surface area contributed by atoms with Crippen molar-refractivity contribution in [1.29, 1.82) is 0 Å². The number of rotatable bonds is 6. The molecule has 182 valence electrons. The molecule has 2 aliphatic heterocycles. The van der Waals surface area contributed by atoms with E-state index in [1.807, 2.05) is 37.5 Å². The summed E-state index contributed by atoms with van der Waals surface area (Å²) in [7, 11) is -3.63. The molecule has 0 spiro atoms. The summed E-state index contributed by atoms with van der Waals surface area (Å²) in [6.45, 7) is 8.69. The Morgan fingerprint density at radius 2 is 1.88 bits per heavy atom. The van der Waals surface area contributed by atoms with Crippen LogP contribution in [0.15, 0.2) is 40.3 Å². The number of benzene rings is 1. The third kappa shape index (κ3) is 4.15. The number of hydrazone groups is 1. The van der Waals surface area contributed by atoms with E-state index in [2.05, 4.69) is 10.4 Å². The number of imide groups is 1. The second kappa shape index (κ2) is 8.97. The summed E-state index contributed by atoms with van der Waals surface area (Å²) in [5, 5.41) is 7.67. The lowest BCUT2D eigenvalue weighted by Gasteiger charge is -2.26. The monoisotopic (exact) mass is 487 g/mol. The van der Waals surface area contributed by atoms with Crippen LogP contribution in [-0.4, -0.2) is 72.3 Å². The first kappa shape index (κ1) is 24.1. The number of amides is 3. The summed E-state index contributed by atoms with van der Waals surface area (Å²) in [4.78, 5) is 25.0. The second-order valence-electron chi connectivity index (χ2n) is 8.65. The van der Waals surface area contributed by atoms with Gasteiger partial charge in [-0.15, -0.1) is 5.01 Å². The summed E-state index contributed by atoms with van der Waals surface area (Å²) in [6, 6.07) is 8.11. The number of carbonyl (C=O) groups is 2. The molecule has 4 rings (SSSR count). The van der Waals surface area contributed by atoms with Crippen molar-refractivity contribution in [3.63, 3.8) is 0 Å². The van der Waals surface area contributed by atoms with Crippen LogP contribution in [0.1, 0.15) is 37.2 Å². The Bertz CT molecular complexity index is 1260. The molecular formula is C23H29N5O5S. The van der Waals surface area contributed by atoms with Gasteiger partial charge in [0.2, 0.25) is 10.0 Å². The Labute approximate surface area is 199 Å². The molecule has 1 N–H and O–H groups in total. The van der Waals surface area contributed by atoms with E-state index in [0.717, 1.165) is 16.4 Å². The van der Waals surface area contributed by atoms with E-state index >= 15 is 0 Å². The third-order valence-electron chi connectivity index (χ3n) is 6.41. The average Bonchev–Trinajstić information content (AvgIpc) is 3.23. The number of carbonyl (C=O) groups excluding carboxylic acids is 2. The molecule has 34 heavy (non-hydrogen) atoms. The minimum absolute atomic E-state index is 0.216. The molecule has 2 aliphatic rings. The van der Waals surface area contributed by atoms with Gasteiger partial charge in [-0.1, -0.05) is 13.0 Å². The van der Waals surface area contributed by atoms with Gasteiger partial charge in [-0.2, -0.15) is 9.41 Å². The normalized spacial score (nSPS) is 22.1. The van der Waals surface area contributed by atoms with Crippen molar-refractivity contribution < 1.29 is 22.7 Å². The lowest BCUT2D eigenvalue weighted by Crippen LogP contribution is -2.42. The molecule has 3 heterocycles. The molecule has 3 amide bonds. The van der Waals surface area contributed by atoms with Crippen LogP contribution >= 0.6 is 0 Å². The van der Waals surface area contributed by atoms with Crippen LogP contribution in [-0.2, 0) is 19.6 Å². The molecule has 0 saturated carbocycles. The Balaban J connectivity index is 1.64. The van der Waals surface area contributed by atoms with Crippen molar-refractivity contribution >= 4 is 28.2 Å². The first-order valence-electron chi connectivity index (χ1n) is 11.2. The van der Waals surface area contributed by atoms with Gasteiger partial charge in [0, 0.05) is 35.7 Å². The minimum atomic E-state index is -3.63. The molecule has 0 radical (unpaired) electrons. The predicted molar refractivity (Wildman–Crippen MR) is 126 cm³/mol. The zero-order valence-corrected chi connectivity index (χ0v) is 20.6. The van der Waals surface area contributed by atoms with Gasteiger partial charge in [0.15, 0.2) is 0 Å². The van der Waals surface area contributed by atoms with Gasteiger partial charge in [0.1, 0.15) is 5.54 Å². The highest BCUT2D eigenvalue weighted by Crippen LogP contribution is 2.25. The molecule has 1 aromatic heterocycles. The van der Waals surface area contributed by atoms with Gasteiger partial charge in [-0.05, 0) is 51.5 Å². The summed E-state index contributed by atoms with van der Waals surface area (Å²) in [5.74, 6) is -0.397. The molecule has 2 aromatic rings. The molecule has 0 aliphatic carbocycles. The van der Waals surface area contributed by atoms with Gasteiger partial charge in [-0.3, -0.25) is 4.79 Å². The van der Waals surface area contributed by atoms with Crippen molar-refractivity contribution in [3.8, 4) is 5.69 Å². The number of morpholine rings is 1. The number of aryl methyl sites for hydroxylation is 1. The Morgan fingerprint density at radius 3 is 2.53 bits per heavy atom. The van der Waals surface area contributed by atoms with Crippen LogP contribution in [0.2, 0.25) is 0 Å². The Hall–Kier alpha value is -3.02. The van der Waals surface area contributed by atoms with Gasteiger partial charge in [-0.25, -0.2) is 13.2 Å². The second-order valence-corrected chi connectivity index (χ2v) is 10.6. The highest BCUT2D eigenvalue weighted by molar-refractivity contribution is 7.89. The zero-order chi connectivity index (χ0) is 24.7. The van der Waals surface area contributed by atoms with Gasteiger partial charge in [0.05, 0.1) is 24.3 Å². The molecule has 0 bridgehead atoms. The summed E-state index contributed by atoms with van der Waals surface area (Å²) in [5.41, 5.74) is 2.10. The van der Waals surface area contributed by atoms with Crippen molar-refractivity contribution in [3.05, 3.63) is 47.3 Å². The van der Waals surface area contributed by atoms with Crippen LogP contribution in [0, 0.1) is 13.8 Å². The number of aromatic nitrogens is 1. The standard InChI is InChI=1S/C23H29N5O5S/c1-5-23(4)21(29)28(22(30)25-23)24-15-18-13-16(2)27(17(18)3)19-7-6-8-20(14-19)34(31,32)26-9-11-33-12-10-26/h6-8,13-15H,5,9-12H2,1-4H3,(H,25,30). The lowest BCUT2D eigenvalue weighted by molar-refractivity contribution is -0.130. The van der Waals surface area contributed by atoms with E-state index < -0.39 is 27.5 Å². The summed E-state index contributed by atoms with van der Waals surface area (Å²) in [6.07, 6.45) is 1.94. The smallest absolute Gasteiger partial charge is 0.346 e. The van der Waals surface area contributed by atoms with E-state index in [-0.39, 0.29) is 4.90 Å². The number of nitrogens with zero attached hydrogens (tertiary/aromatic N) is 4. The number of hydrogen-bond acceptors (Lipinski definition) is 6. The fourth-order valence-electron chi connectivity index (χ4n) is 4.17. The third-order valence-corrected chi connectivity index (χ3v) is 8.31. The molecule has 10 nitrogen and oxygen atoms in total. The van der Waals surface area contributed by atoms with Crippen molar-refractivity contribution in [2.75, 3.05) is 26.3 Å². The van der Waals surface area contributed by atoms with Crippen LogP contribution in [0.25, 0.3) is 5.69 Å². The number of hydrogen-bond donors (Lipinski definition) is 1. The van der Waals surface area contributed by atoms with E-state index in [1.165, 1.54) is 10.5 Å². The first-order chi connectivity index (χ1) is 16.1. The van der Waals surface area contributed by atoms with Crippen molar-refractivity contribution in [1.82, 2.24) is 19.2 Å². The minimum Gasteiger partial charge on any atom is -0.379 e. The molecule has 1 unspecified atom stereocenters. The van der Waals surface area contributed by atoms with Gasteiger partial charge >= 0.3 is 6.03 Å². The van der Waals surface area contributed by atoms with Crippen molar-refractivity contribution in [2.45, 2.75) is 44.6 Å². The van der Waals surface area contributed by atoms with E-state index in [0.29, 0.717) is 44.0 Å².